The van der Waals surface area contributed by atoms with E-state index >= 15 is 0 Å². The maximum Gasteiger partial charge on any atom is 0.649 e. The molecule has 0 amide bonds. The second-order valence-corrected chi connectivity index (χ2v) is 2.82. The molecule has 0 aliphatic carbocycles. The summed E-state index contributed by atoms with van der Waals surface area (Å²) in [5.74, 6) is -2.40. The van der Waals surface area contributed by atoms with Crippen molar-refractivity contribution in [2.75, 3.05) is 0 Å². The fraction of sp³-hybridized carbons (Fsp3) is 0.0909. The van der Waals surface area contributed by atoms with Gasteiger partial charge < -0.3 is 0 Å². The van der Waals surface area contributed by atoms with Gasteiger partial charge in [0, 0.05) is 5.56 Å². The minimum Gasteiger partial charge on any atom is -0.294 e. The summed E-state index contributed by atoms with van der Waals surface area (Å²) in [7, 11) is 0. The van der Waals surface area contributed by atoms with Crippen LogP contribution < -0.4 is 0 Å². The van der Waals surface area contributed by atoms with Gasteiger partial charge in [0.2, 0.25) is 0 Å². The number of hydrogen-bond acceptors (Lipinski definition) is 3. The summed E-state index contributed by atoms with van der Waals surface area (Å²) in [6, 6.07) is 8.26. The Kier molecular flexibility index (Phi) is 3.62. The second kappa shape index (κ2) is 4.95. The highest BCUT2D eigenvalue weighted by molar-refractivity contribution is 6.36. The van der Waals surface area contributed by atoms with Crippen LogP contribution in [0.15, 0.2) is 30.3 Å². The fourth-order valence-electron chi connectivity index (χ4n) is 1.02. The highest BCUT2D eigenvalue weighted by atomic mass is 16.4. The van der Waals surface area contributed by atoms with Gasteiger partial charge in [-0.15, -0.1) is 0 Å². The fourth-order valence-corrected chi connectivity index (χ4v) is 1.02. The Labute approximate surface area is 86.2 Å². The Morgan fingerprint density at radius 3 is 2.27 bits per heavy atom. The molecule has 1 aromatic rings. The number of Topliss-reactive ketones (excluding diaryl/α,β-unsaturated/α-hetero) is 2. The molecule has 0 heterocycles. The van der Waals surface area contributed by atoms with E-state index in [1.165, 1.54) is 0 Å². The summed E-state index contributed by atoms with van der Waals surface area (Å²) >= 11 is 0. The van der Waals surface area contributed by atoms with Crippen molar-refractivity contribution in [2.24, 2.45) is 0 Å². The quantitative estimate of drug-likeness (QED) is 0.315. The van der Waals surface area contributed by atoms with Gasteiger partial charge in [-0.2, -0.15) is 0 Å². The normalized spacial score (nSPS) is 9.33. The number of carbonyl (C=O) groups is 3. The van der Waals surface area contributed by atoms with Crippen molar-refractivity contribution in [1.29, 1.82) is 0 Å². The van der Waals surface area contributed by atoms with Crippen LogP contribution in [0.1, 0.15) is 16.8 Å². The lowest BCUT2D eigenvalue weighted by molar-refractivity contribution is -0.362. The lowest BCUT2D eigenvalue weighted by Crippen LogP contribution is -2.17. The smallest absolute Gasteiger partial charge is 0.294 e. The molecule has 0 spiro atoms. The average Bonchev–Trinajstić information content (AvgIpc) is 2.29. The van der Waals surface area contributed by atoms with Crippen LogP contribution in [-0.2, 0) is 14.0 Å². The molecular formula is C11H9O4+. The minimum atomic E-state index is -1.10. The van der Waals surface area contributed by atoms with Gasteiger partial charge in [-0.05, 0) is 0 Å². The van der Waals surface area contributed by atoms with Crippen LogP contribution in [-0.4, -0.2) is 24.3 Å². The summed E-state index contributed by atoms with van der Waals surface area (Å²) < 4.78 is 3.96. The predicted octanol–water partition coefficient (Wildman–Crippen LogP) is 0.720. The van der Waals surface area contributed by atoms with E-state index in [0.29, 0.717) is 5.56 Å². The van der Waals surface area contributed by atoms with Crippen molar-refractivity contribution in [3.8, 4) is 0 Å². The van der Waals surface area contributed by atoms with Gasteiger partial charge in [0.15, 0.2) is 12.6 Å². The van der Waals surface area contributed by atoms with Crippen molar-refractivity contribution < 1.29 is 18.8 Å². The third-order valence-corrected chi connectivity index (χ3v) is 1.78. The summed E-state index contributed by atoms with van der Waals surface area (Å²) in [6.45, 7) is 2.81. The standard InChI is InChI=1S/C11H9O4/c1-15-11(14)10(13)7-9(12)8-5-3-2-4-6-8/h2-6H,1,7H2/q+1. The van der Waals surface area contributed by atoms with E-state index < -0.39 is 24.0 Å². The van der Waals surface area contributed by atoms with Gasteiger partial charge in [-0.1, -0.05) is 30.3 Å². The van der Waals surface area contributed by atoms with Crippen molar-refractivity contribution in [1.82, 2.24) is 0 Å². The molecule has 0 unspecified atom stereocenters. The van der Waals surface area contributed by atoms with Crippen LogP contribution in [0, 0.1) is 0 Å². The molecule has 4 heteroatoms. The zero-order chi connectivity index (χ0) is 11.3. The highest BCUT2D eigenvalue weighted by Crippen LogP contribution is 2.03. The predicted molar refractivity (Wildman–Crippen MR) is 52.5 cm³/mol. The monoisotopic (exact) mass is 205 g/mol. The first-order valence-electron chi connectivity index (χ1n) is 4.22. The van der Waals surface area contributed by atoms with Crippen LogP contribution >= 0.6 is 0 Å². The largest absolute Gasteiger partial charge is 0.649 e. The summed E-state index contributed by atoms with van der Waals surface area (Å²) in [5.41, 5.74) is 0.391. The molecule has 0 aliphatic rings. The number of carbonyl (C=O) groups excluding carboxylic acids is 4. The first-order valence-corrected chi connectivity index (χ1v) is 4.22. The third-order valence-electron chi connectivity index (χ3n) is 1.78. The summed E-state index contributed by atoms with van der Waals surface area (Å²) in [5, 5.41) is 0. The average molecular weight is 205 g/mol. The van der Waals surface area contributed by atoms with Crippen LogP contribution in [0.25, 0.3) is 0 Å². The SMILES string of the molecule is C=[O+]C(=O)C(=O)CC(=O)c1ccccc1. The maximum atomic E-state index is 11.4. The molecule has 0 saturated heterocycles. The second-order valence-electron chi connectivity index (χ2n) is 2.82. The Morgan fingerprint density at radius 1 is 1.13 bits per heavy atom. The Morgan fingerprint density at radius 2 is 1.73 bits per heavy atom. The lowest BCUT2D eigenvalue weighted by Gasteiger charge is -1.94. The van der Waals surface area contributed by atoms with E-state index in [2.05, 4.69) is 11.2 Å². The molecule has 76 valence electrons. The molecule has 1 aromatic carbocycles. The molecule has 0 fully saturated rings. The molecule has 1 rings (SSSR count). The van der Waals surface area contributed by atoms with E-state index in [-0.39, 0.29) is 0 Å². The first kappa shape index (κ1) is 11.0. The van der Waals surface area contributed by atoms with Crippen LogP contribution in [0.2, 0.25) is 0 Å². The van der Waals surface area contributed by atoms with Crippen LogP contribution in [0.5, 0.6) is 0 Å². The maximum absolute atomic E-state index is 11.4. The zero-order valence-electron chi connectivity index (χ0n) is 7.93. The molecule has 0 aromatic heterocycles. The van der Waals surface area contributed by atoms with E-state index in [1.54, 1.807) is 30.3 Å². The van der Waals surface area contributed by atoms with E-state index in [9.17, 15) is 14.4 Å². The van der Waals surface area contributed by atoms with Gasteiger partial charge in [-0.3, -0.25) is 14.0 Å². The van der Waals surface area contributed by atoms with Crippen molar-refractivity contribution >= 4 is 24.3 Å². The van der Waals surface area contributed by atoms with Gasteiger partial charge >= 0.3 is 11.8 Å². The van der Waals surface area contributed by atoms with Crippen LogP contribution in [0.3, 0.4) is 0 Å². The van der Waals surface area contributed by atoms with Gasteiger partial charge in [0.25, 0.3) is 0 Å². The Hall–Kier alpha value is -2.10. The number of hydrogen-bond donors (Lipinski definition) is 0. The topological polar surface area (TPSA) is 62.5 Å². The van der Waals surface area contributed by atoms with E-state index in [1.807, 2.05) is 0 Å². The Bertz CT molecular complexity index is 406. The van der Waals surface area contributed by atoms with Gasteiger partial charge in [0.05, 0.1) is 11.2 Å². The van der Waals surface area contributed by atoms with Gasteiger partial charge in [0.1, 0.15) is 0 Å². The molecule has 4 nitrogen and oxygen atoms in total. The number of rotatable bonds is 4. The van der Waals surface area contributed by atoms with Gasteiger partial charge in [-0.25, -0.2) is 0 Å². The Balaban J connectivity index is 2.69. The highest BCUT2D eigenvalue weighted by Gasteiger charge is 2.28. The zero-order valence-corrected chi connectivity index (χ0v) is 7.93. The lowest BCUT2D eigenvalue weighted by atomic mass is 10.1. The minimum absolute atomic E-state index is 0.391. The van der Waals surface area contributed by atoms with Crippen molar-refractivity contribution in [3.63, 3.8) is 0 Å². The molecular weight excluding hydrogens is 196 g/mol. The van der Waals surface area contributed by atoms with Crippen molar-refractivity contribution in [2.45, 2.75) is 6.42 Å². The molecule has 0 bridgehead atoms. The van der Waals surface area contributed by atoms with E-state index in [0.717, 1.165) is 0 Å². The molecule has 15 heavy (non-hydrogen) atoms. The summed E-state index contributed by atoms with van der Waals surface area (Å²) in [6.07, 6.45) is -0.488. The molecule has 0 N–H and O–H groups in total. The third kappa shape index (κ3) is 2.95. The van der Waals surface area contributed by atoms with Crippen LogP contribution in [0.4, 0.5) is 0 Å². The molecule has 0 atom stereocenters. The number of ketones is 2. The molecule has 0 radical (unpaired) electrons. The number of benzene rings is 1. The summed E-state index contributed by atoms with van der Waals surface area (Å²) in [4.78, 5) is 33.1. The van der Waals surface area contributed by atoms with E-state index in [4.69, 9.17) is 0 Å². The first-order chi connectivity index (χ1) is 7.15. The molecule has 0 saturated carbocycles. The van der Waals surface area contributed by atoms with Crippen molar-refractivity contribution in [3.05, 3.63) is 35.9 Å². The molecule has 0 aliphatic heterocycles.